The van der Waals surface area contributed by atoms with Crippen LogP contribution in [0.15, 0.2) is 53.5 Å². The molecule has 0 heterocycles. The Kier molecular flexibility index (Phi) is 5.15. The Morgan fingerprint density at radius 1 is 1.24 bits per heavy atom. The predicted molar refractivity (Wildman–Crippen MR) is 83.2 cm³/mol. The third kappa shape index (κ3) is 4.80. The lowest BCUT2D eigenvalue weighted by Crippen LogP contribution is -2.23. The van der Waals surface area contributed by atoms with Crippen LogP contribution in [0.3, 0.4) is 0 Å². The van der Waals surface area contributed by atoms with E-state index in [-0.39, 0.29) is 5.82 Å². The molecule has 0 saturated carbocycles. The number of nitrogens with one attached hydrogen (secondary N) is 1. The molecule has 2 rings (SSSR count). The molecule has 0 spiro atoms. The fourth-order valence-electron chi connectivity index (χ4n) is 1.89. The van der Waals surface area contributed by atoms with Crippen LogP contribution in [0, 0.1) is 5.82 Å². The topological polar surface area (TPSA) is 59.6 Å². The second-order valence-corrected chi connectivity index (χ2v) is 4.50. The Labute approximate surface area is 123 Å². The van der Waals surface area contributed by atoms with Gasteiger partial charge in [-0.3, -0.25) is 4.99 Å². The molecule has 2 aromatic rings. The number of guanidine groups is 1. The summed E-state index contributed by atoms with van der Waals surface area (Å²) in [6.07, 6.45) is 0.637. The number of aliphatic imine (C=N–C) groups is 1. The molecule has 5 heteroatoms. The van der Waals surface area contributed by atoms with Gasteiger partial charge in [-0.2, -0.15) is 0 Å². The molecule has 3 N–H and O–H groups in total. The van der Waals surface area contributed by atoms with Gasteiger partial charge in [0.25, 0.3) is 0 Å². The second-order valence-electron chi connectivity index (χ2n) is 4.50. The van der Waals surface area contributed by atoms with E-state index in [4.69, 9.17) is 10.5 Å². The third-order valence-corrected chi connectivity index (χ3v) is 2.91. The Balaban J connectivity index is 1.89. The van der Waals surface area contributed by atoms with Crippen molar-refractivity contribution in [3.63, 3.8) is 0 Å². The maximum atomic E-state index is 13.0. The summed E-state index contributed by atoms with van der Waals surface area (Å²) in [6, 6.07) is 13.9. The summed E-state index contributed by atoms with van der Waals surface area (Å²) in [6.45, 7) is 0.492. The van der Waals surface area contributed by atoms with E-state index < -0.39 is 0 Å². The first-order valence-corrected chi connectivity index (χ1v) is 6.63. The average molecular weight is 287 g/mol. The second kappa shape index (κ2) is 7.28. The lowest BCUT2D eigenvalue weighted by Gasteiger charge is -2.07. The number of benzene rings is 2. The first-order chi connectivity index (χ1) is 10.2. The highest BCUT2D eigenvalue weighted by Gasteiger charge is 1.98. The Bertz CT molecular complexity index is 628. The smallest absolute Gasteiger partial charge is 0.193 e. The fourth-order valence-corrected chi connectivity index (χ4v) is 1.89. The lowest BCUT2D eigenvalue weighted by atomic mass is 10.1. The number of anilines is 1. The van der Waals surface area contributed by atoms with Crippen LogP contribution in [-0.2, 0) is 6.42 Å². The number of nitrogens with two attached hydrogens (primary N) is 1. The van der Waals surface area contributed by atoms with Crippen molar-refractivity contribution >= 4 is 11.6 Å². The summed E-state index contributed by atoms with van der Waals surface area (Å²) in [7, 11) is 1.61. The minimum atomic E-state index is -0.237. The van der Waals surface area contributed by atoms with Gasteiger partial charge in [0.1, 0.15) is 11.6 Å². The van der Waals surface area contributed by atoms with Gasteiger partial charge < -0.3 is 15.8 Å². The molecule has 0 aromatic heterocycles. The van der Waals surface area contributed by atoms with Gasteiger partial charge in [0.15, 0.2) is 5.96 Å². The van der Waals surface area contributed by atoms with Gasteiger partial charge in [-0.15, -0.1) is 0 Å². The van der Waals surface area contributed by atoms with Crippen LogP contribution in [0.5, 0.6) is 5.75 Å². The molecule has 21 heavy (non-hydrogen) atoms. The molecule has 0 fully saturated rings. The Morgan fingerprint density at radius 3 is 2.81 bits per heavy atom. The van der Waals surface area contributed by atoms with Gasteiger partial charge in [0.2, 0.25) is 0 Å². The first-order valence-electron chi connectivity index (χ1n) is 6.63. The minimum absolute atomic E-state index is 0.237. The summed E-state index contributed by atoms with van der Waals surface area (Å²) in [5, 5.41) is 2.99. The molecule has 0 amide bonds. The van der Waals surface area contributed by atoms with Gasteiger partial charge >= 0.3 is 0 Å². The number of rotatable bonds is 5. The van der Waals surface area contributed by atoms with E-state index in [0.29, 0.717) is 18.9 Å². The maximum Gasteiger partial charge on any atom is 0.193 e. The van der Waals surface area contributed by atoms with Crippen molar-refractivity contribution in [3.8, 4) is 5.75 Å². The molecule has 0 unspecified atom stereocenters. The highest BCUT2D eigenvalue weighted by molar-refractivity contribution is 5.92. The van der Waals surface area contributed by atoms with Gasteiger partial charge in [0.05, 0.1) is 7.11 Å². The van der Waals surface area contributed by atoms with Crippen LogP contribution < -0.4 is 15.8 Å². The highest BCUT2D eigenvalue weighted by atomic mass is 19.1. The van der Waals surface area contributed by atoms with E-state index >= 15 is 0 Å². The summed E-state index contributed by atoms with van der Waals surface area (Å²) in [4.78, 5) is 4.22. The third-order valence-electron chi connectivity index (χ3n) is 2.91. The Hall–Kier alpha value is -2.56. The molecule has 4 nitrogen and oxygen atoms in total. The SMILES string of the molecule is COc1cccc(NC(N)=NCCc2cccc(F)c2)c1. The van der Waals surface area contributed by atoms with Crippen LogP contribution >= 0.6 is 0 Å². The fraction of sp³-hybridized carbons (Fsp3) is 0.188. The molecule has 0 aliphatic carbocycles. The number of halogens is 1. The Morgan fingerprint density at radius 2 is 2.05 bits per heavy atom. The molecular weight excluding hydrogens is 269 g/mol. The standard InChI is InChI=1S/C16H18FN3O/c1-21-15-7-3-6-14(11-15)20-16(18)19-9-8-12-4-2-5-13(17)10-12/h2-7,10-11H,8-9H2,1H3,(H3,18,19,20). The van der Waals surface area contributed by atoms with Gasteiger partial charge in [-0.25, -0.2) is 4.39 Å². The van der Waals surface area contributed by atoms with E-state index in [1.807, 2.05) is 30.3 Å². The normalized spacial score (nSPS) is 11.2. The summed E-state index contributed by atoms with van der Waals surface area (Å²) >= 11 is 0. The average Bonchev–Trinajstić information content (AvgIpc) is 2.47. The van der Waals surface area contributed by atoms with E-state index in [1.165, 1.54) is 12.1 Å². The molecule has 2 aromatic carbocycles. The van der Waals surface area contributed by atoms with E-state index in [0.717, 1.165) is 17.0 Å². The van der Waals surface area contributed by atoms with E-state index in [2.05, 4.69) is 10.3 Å². The van der Waals surface area contributed by atoms with Crippen molar-refractivity contribution in [2.75, 3.05) is 19.0 Å². The largest absolute Gasteiger partial charge is 0.497 e. The van der Waals surface area contributed by atoms with Crippen molar-refractivity contribution in [1.82, 2.24) is 0 Å². The quantitative estimate of drug-likeness (QED) is 0.656. The molecule has 0 atom stereocenters. The zero-order valence-corrected chi connectivity index (χ0v) is 11.8. The first kappa shape index (κ1) is 14.8. The number of ether oxygens (including phenoxy) is 1. The molecular formula is C16H18FN3O. The predicted octanol–water partition coefficient (Wildman–Crippen LogP) is 2.80. The van der Waals surface area contributed by atoms with Gasteiger partial charge in [-0.1, -0.05) is 18.2 Å². The lowest BCUT2D eigenvalue weighted by molar-refractivity contribution is 0.415. The van der Waals surface area contributed by atoms with Crippen molar-refractivity contribution in [1.29, 1.82) is 0 Å². The molecule has 0 saturated heterocycles. The maximum absolute atomic E-state index is 13.0. The van der Waals surface area contributed by atoms with Crippen molar-refractivity contribution in [3.05, 3.63) is 59.9 Å². The van der Waals surface area contributed by atoms with Crippen molar-refractivity contribution < 1.29 is 9.13 Å². The van der Waals surface area contributed by atoms with E-state index in [9.17, 15) is 4.39 Å². The van der Waals surface area contributed by atoms with Gasteiger partial charge in [-0.05, 0) is 36.2 Å². The number of hydrogen-bond donors (Lipinski definition) is 2. The van der Waals surface area contributed by atoms with Crippen LogP contribution in [-0.4, -0.2) is 19.6 Å². The molecule has 0 aliphatic heterocycles. The zero-order chi connectivity index (χ0) is 15.1. The van der Waals surface area contributed by atoms with Crippen LogP contribution in [0.25, 0.3) is 0 Å². The number of nitrogens with zero attached hydrogens (tertiary/aromatic N) is 1. The summed E-state index contributed by atoms with van der Waals surface area (Å²) in [5.41, 5.74) is 7.52. The monoisotopic (exact) mass is 287 g/mol. The molecule has 0 bridgehead atoms. The van der Waals surface area contributed by atoms with E-state index in [1.54, 1.807) is 13.2 Å². The minimum Gasteiger partial charge on any atom is -0.497 e. The molecule has 0 aliphatic rings. The number of methoxy groups -OCH3 is 1. The summed E-state index contributed by atoms with van der Waals surface area (Å²) in [5.74, 6) is 0.825. The van der Waals surface area contributed by atoms with Crippen molar-refractivity contribution in [2.45, 2.75) is 6.42 Å². The molecule has 0 radical (unpaired) electrons. The molecule has 110 valence electrons. The van der Waals surface area contributed by atoms with Crippen LogP contribution in [0.4, 0.5) is 10.1 Å². The zero-order valence-electron chi connectivity index (χ0n) is 11.8. The van der Waals surface area contributed by atoms with Gasteiger partial charge in [0, 0.05) is 18.3 Å². The number of hydrogen-bond acceptors (Lipinski definition) is 2. The van der Waals surface area contributed by atoms with Crippen molar-refractivity contribution in [2.24, 2.45) is 10.7 Å². The highest BCUT2D eigenvalue weighted by Crippen LogP contribution is 2.16. The van der Waals surface area contributed by atoms with Crippen LogP contribution in [0.2, 0.25) is 0 Å². The van der Waals surface area contributed by atoms with Crippen LogP contribution in [0.1, 0.15) is 5.56 Å². The summed E-state index contributed by atoms with van der Waals surface area (Å²) < 4.78 is 18.2.